The van der Waals surface area contributed by atoms with Gasteiger partial charge in [0.1, 0.15) is 0 Å². The lowest BCUT2D eigenvalue weighted by Crippen LogP contribution is -2.04. The lowest BCUT2D eigenvalue weighted by atomic mass is 10.1. The van der Waals surface area contributed by atoms with E-state index >= 15 is 0 Å². The van der Waals surface area contributed by atoms with E-state index in [1.54, 1.807) is 25.2 Å². The fourth-order valence-corrected chi connectivity index (χ4v) is 1.32. The highest BCUT2D eigenvalue weighted by Gasteiger charge is 2.11. The molecule has 0 unspecified atom stereocenters. The zero-order valence-electron chi connectivity index (χ0n) is 7.00. The molecular formula is C9H8ClNO2. The summed E-state index contributed by atoms with van der Waals surface area (Å²) in [6.45, 7) is 0. The van der Waals surface area contributed by atoms with Gasteiger partial charge in [-0.2, -0.15) is 0 Å². The number of benzene rings is 1. The maximum atomic E-state index is 11.1. The molecule has 0 amide bonds. The molecule has 0 bridgehead atoms. The van der Waals surface area contributed by atoms with Crippen molar-refractivity contribution in [3.63, 3.8) is 0 Å². The third-order valence-electron chi connectivity index (χ3n) is 1.64. The van der Waals surface area contributed by atoms with Crippen molar-refractivity contribution in [3.8, 4) is 0 Å². The number of para-hydroxylation sites is 1. The number of carbonyl (C=O) groups excluding carboxylic acids is 2. The Kier molecular flexibility index (Phi) is 3.03. The molecule has 68 valence electrons. The van der Waals surface area contributed by atoms with E-state index in [4.69, 9.17) is 11.6 Å². The van der Waals surface area contributed by atoms with Gasteiger partial charge in [-0.1, -0.05) is 17.7 Å². The van der Waals surface area contributed by atoms with Crippen LogP contribution in [0.2, 0.25) is 5.02 Å². The fourth-order valence-electron chi connectivity index (χ4n) is 1.05. The van der Waals surface area contributed by atoms with Crippen LogP contribution in [0.25, 0.3) is 0 Å². The zero-order chi connectivity index (χ0) is 9.84. The van der Waals surface area contributed by atoms with E-state index in [0.717, 1.165) is 0 Å². The van der Waals surface area contributed by atoms with Gasteiger partial charge in [-0.05, 0) is 12.1 Å². The summed E-state index contributed by atoms with van der Waals surface area (Å²) in [6, 6.07) is 4.82. The minimum absolute atomic E-state index is 0.270. The number of carbonyl (C=O) groups is 2. The number of hydrogen-bond donors (Lipinski definition) is 1. The van der Waals surface area contributed by atoms with Crippen LogP contribution in [-0.2, 0) is 4.79 Å². The lowest BCUT2D eigenvalue weighted by molar-refractivity contribution is -0.104. The normalized spacial score (nSPS) is 9.38. The highest BCUT2D eigenvalue weighted by Crippen LogP contribution is 2.25. The minimum atomic E-state index is -0.577. The van der Waals surface area contributed by atoms with Crippen LogP contribution in [0.5, 0.6) is 0 Å². The van der Waals surface area contributed by atoms with E-state index in [2.05, 4.69) is 5.32 Å². The quantitative estimate of drug-likeness (QED) is 0.456. The molecule has 0 radical (unpaired) electrons. The van der Waals surface area contributed by atoms with E-state index in [1.165, 1.54) is 0 Å². The molecule has 1 aromatic rings. The topological polar surface area (TPSA) is 46.2 Å². The summed E-state index contributed by atoms with van der Waals surface area (Å²) < 4.78 is 0. The van der Waals surface area contributed by atoms with Crippen molar-refractivity contribution in [2.24, 2.45) is 0 Å². The van der Waals surface area contributed by atoms with Crippen molar-refractivity contribution >= 4 is 29.4 Å². The molecule has 1 aromatic carbocycles. The van der Waals surface area contributed by atoms with Gasteiger partial charge >= 0.3 is 0 Å². The summed E-state index contributed by atoms with van der Waals surface area (Å²) in [7, 11) is 1.64. The van der Waals surface area contributed by atoms with E-state index in [-0.39, 0.29) is 6.29 Å². The first-order valence-electron chi connectivity index (χ1n) is 3.66. The molecule has 0 heterocycles. The highest BCUT2D eigenvalue weighted by molar-refractivity contribution is 6.38. The third kappa shape index (κ3) is 1.87. The lowest BCUT2D eigenvalue weighted by Gasteiger charge is -2.06. The Bertz CT molecular complexity index is 349. The van der Waals surface area contributed by atoms with Crippen molar-refractivity contribution in [2.75, 3.05) is 12.4 Å². The van der Waals surface area contributed by atoms with Crippen LogP contribution in [-0.4, -0.2) is 19.1 Å². The molecule has 0 spiro atoms. The Hall–Kier alpha value is -1.35. The predicted molar refractivity (Wildman–Crippen MR) is 51.4 cm³/mol. The Morgan fingerprint density at radius 2 is 2.23 bits per heavy atom. The molecule has 1 rings (SSSR count). The predicted octanol–water partition coefficient (Wildman–Crippen LogP) is 1.76. The molecule has 1 N–H and O–H groups in total. The molecule has 0 aliphatic rings. The first kappa shape index (κ1) is 9.74. The zero-order valence-corrected chi connectivity index (χ0v) is 7.76. The van der Waals surface area contributed by atoms with E-state index < -0.39 is 5.78 Å². The van der Waals surface area contributed by atoms with Gasteiger partial charge in [0, 0.05) is 7.05 Å². The standard InChI is InChI=1S/C9H8ClNO2/c1-11-9-6(8(13)5-12)3-2-4-7(9)10/h2-5,11H,1H3. The van der Waals surface area contributed by atoms with E-state index in [9.17, 15) is 9.59 Å². The van der Waals surface area contributed by atoms with Gasteiger partial charge in [0.2, 0.25) is 5.78 Å². The summed E-state index contributed by atoms with van der Waals surface area (Å²) in [5.41, 5.74) is 0.784. The van der Waals surface area contributed by atoms with Gasteiger partial charge in [0.15, 0.2) is 6.29 Å². The Morgan fingerprint density at radius 3 is 2.77 bits per heavy atom. The summed E-state index contributed by atoms with van der Waals surface area (Å²) >= 11 is 5.80. The van der Waals surface area contributed by atoms with Gasteiger partial charge in [-0.25, -0.2) is 0 Å². The molecule has 0 fully saturated rings. The summed E-state index contributed by atoms with van der Waals surface area (Å²) in [4.78, 5) is 21.3. The van der Waals surface area contributed by atoms with Crippen molar-refractivity contribution in [1.29, 1.82) is 0 Å². The van der Waals surface area contributed by atoms with Crippen LogP contribution in [0.15, 0.2) is 18.2 Å². The molecule has 0 saturated carbocycles. The second-order valence-electron chi connectivity index (χ2n) is 2.39. The van der Waals surface area contributed by atoms with Crippen molar-refractivity contribution in [1.82, 2.24) is 0 Å². The summed E-state index contributed by atoms with van der Waals surface area (Å²) in [6.07, 6.45) is 0.270. The number of Topliss-reactive ketones (excluding diaryl/α,β-unsaturated/α-hetero) is 1. The van der Waals surface area contributed by atoms with Gasteiger partial charge < -0.3 is 5.32 Å². The van der Waals surface area contributed by atoms with Gasteiger partial charge in [0.05, 0.1) is 16.3 Å². The number of aldehydes is 1. The Labute approximate surface area is 80.7 Å². The van der Waals surface area contributed by atoms with Gasteiger partial charge in [-0.3, -0.25) is 9.59 Å². The monoisotopic (exact) mass is 197 g/mol. The average molecular weight is 198 g/mol. The number of halogens is 1. The minimum Gasteiger partial charge on any atom is -0.386 e. The van der Waals surface area contributed by atoms with Crippen LogP contribution in [0.4, 0.5) is 5.69 Å². The Balaban J connectivity index is 3.27. The van der Waals surface area contributed by atoms with Gasteiger partial charge in [-0.15, -0.1) is 0 Å². The van der Waals surface area contributed by atoms with Crippen molar-refractivity contribution < 1.29 is 9.59 Å². The van der Waals surface area contributed by atoms with Crippen LogP contribution in [0.1, 0.15) is 10.4 Å². The molecule has 4 heteroatoms. The number of ketones is 1. The van der Waals surface area contributed by atoms with E-state index in [1.807, 2.05) is 0 Å². The fraction of sp³-hybridized carbons (Fsp3) is 0.111. The molecule has 0 saturated heterocycles. The number of anilines is 1. The first-order chi connectivity index (χ1) is 6.20. The largest absolute Gasteiger partial charge is 0.386 e. The molecule has 3 nitrogen and oxygen atoms in total. The second kappa shape index (κ2) is 4.05. The molecular weight excluding hydrogens is 190 g/mol. The SMILES string of the molecule is CNc1c(Cl)cccc1C(=O)C=O. The highest BCUT2D eigenvalue weighted by atomic mass is 35.5. The molecule has 0 aromatic heterocycles. The Morgan fingerprint density at radius 1 is 1.54 bits per heavy atom. The van der Waals surface area contributed by atoms with E-state index in [0.29, 0.717) is 16.3 Å². The van der Waals surface area contributed by atoms with Crippen LogP contribution < -0.4 is 5.32 Å². The summed E-state index contributed by atoms with van der Waals surface area (Å²) in [5.74, 6) is -0.577. The molecule has 0 aliphatic carbocycles. The average Bonchev–Trinajstić information content (AvgIpc) is 2.16. The molecule has 0 aliphatic heterocycles. The van der Waals surface area contributed by atoms with Crippen LogP contribution >= 0.6 is 11.6 Å². The molecule has 0 atom stereocenters. The van der Waals surface area contributed by atoms with Gasteiger partial charge in [0.25, 0.3) is 0 Å². The smallest absolute Gasteiger partial charge is 0.227 e. The maximum Gasteiger partial charge on any atom is 0.227 e. The summed E-state index contributed by atoms with van der Waals surface area (Å²) in [5, 5.41) is 3.19. The van der Waals surface area contributed by atoms with Crippen LogP contribution in [0, 0.1) is 0 Å². The van der Waals surface area contributed by atoms with Crippen molar-refractivity contribution in [2.45, 2.75) is 0 Å². The molecule has 13 heavy (non-hydrogen) atoms. The maximum absolute atomic E-state index is 11.1. The first-order valence-corrected chi connectivity index (χ1v) is 4.04. The second-order valence-corrected chi connectivity index (χ2v) is 2.80. The van der Waals surface area contributed by atoms with Crippen molar-refractivity contribution in [3.05, 3.63) is 28.8 Å². The number of rotatable bonds is 3. The van der Waals surface area contributed by atoms with Crippen LogP contribution in [0.3, 0.4) is 0 Å². The number of nitrogens with one attached hydrogen (secondary N) is 1. The number of hydrogen-bond acceptors (Lipinski definition) is 3. The third-order valence-corrected chi connectivity index (χ3v) is 1.95.